The minimum absolute atomic E-state index is 0.0968. The van der Waals surface area contributed by atoms with Gasteiger partial charge in [-0.3, -0.25) is 4.79 Å². The number of phenols is 1. The lowest BCUT2D eigenvalue weighted by Gasteiger charge is -2.32. The molecule has 2 rings (SSSR count). The van der Waals surface area contributed by atoms with Crippen LogP contribution in [-0.2, 0) is 0 Å². The highest BCUT2D eigenvalue weighted by molar-refractivity contribution is 5.94. The second-order valence-electron chi connectivity index (χ2n) is 4.35. The maximum absolute atomic E-state index is 11.7. The summed E-state index contributed by atoms with van der Waals surface area (Å²) in [7, 11) is 0. The van der Waals surface area contributed by atoms with Crippen LogP contribution in [0.3, 0.4) is 0 Å². The second-order valence-corrected chi connectivity index (χ2v) is 4.35. The Morgan fingerprint density at radius 1 is 1.38 bits per heavy atom. The average Bonchev–Trinajstić information content (AvgIpc) is 2.23. The van der Waals surface area contributed by atoms with Crippen molar-refractivity contribution in [3.63, 3.8) is 0 Å². The van der Waals surface area contributed by atoms with Crippen molar-refractivity contribution in [2.24, 2.45) is 11.7 Å². The maximum atomic E-state index is 11.7. The molecular formula is C12H16N2O2. The van der Waals surface area contributed by atoms with Crippen molar-refractivity contribution in [1.29, 1.82) is 0 Å². The van der Waals surface area contributed by atoms with Crippen molar-refractivity contribution in [3.05, 3.63) is 29.8 Å². The molecule has 1 aromatic rings. The lowest BCUT2D eigenvalue weighted by Crippen LogP contribution is -2.42. The Labute approximate surface area is 94.5 Å². The van der Waals surface area contributed by atoms with Gasteiger partial charge in [0.1, 0.15) is 5.75 Å². The Bertz CT molecular complexity index is 369. The molecule has 4 nitrogen and oxygen atoms in total. The number of benzene rings is 1. The minimum Gasteiger partial charge on any atom is -0.508 e. The Morgan fingerprint density at radius 2 is 2.00 bits per heavy atom. The highest BCUT2D eigenvalue weighted by atomic mass is 16.3. The van der Waals surface area contributed by atoms with Crippen LogP contribution in [0.1, 0.15) is 23.2 Å². The van der Waals surface area contributed by atoms with Crippen molar-refractivity contribution in [1.82, 2.24) is 5.32 Å². The van der Waals surface area contributed by atoms with Gasteiger partial charge < -0.3 is 16.2 Å². The SMILES string of the molecule is NC1CC(CNC(=O)c2ccc(O)cc2)C1. The zero-order valence-corrected chi connectivity index (χ0v) is 9.02. The lowest BCUT2D eigenvalue weighted by atomic mass is 9.81. The minimum atomic E-state index is -0.0968. The van der Waals surface area contributed by atoms with Gasteiger partial charge in [-0.1, -0.05) is 0 Å². The molecule has 0 atom stereocenters. The fourth-order valence-electron chi connectivity index (χ4n) is 1.91. The van der Waals surface area contributed by atoms with Gasteiger partial charge in [-0.05, 0) is 43.0 Å². The summed E-state index contributed by atoms with van der Waals surface area (Å²) in [6, 6.07) is 6.55. The van der Waals surface area contributed by atoms with Crippen LogP contribution in [0.5, 0.6) is 5.75 Å². The summed E-state index contributed by atoms with van der Waals surface area (Å²) in [5, 5.41) is 12.0. The van der Waals surface area contributed by atoms with E-state index < -0.39 is 0 Å². The number of hydrogen-bond donors (Lipinski definition) is 3. The first-order valence-electron chi connectivity index (χ1n) is 5.48. The molecule has 0 saturated heterocycles. The Morgan fingerprint density at radius 3 is 2.56 bits per heavy atom. The summed E-state index contributed by atoms with van der Waals surface area (Å²) in [6.07, 6.45) is 1.99. The fraction of sp³-hybridized carbons (Fsp3) is 0.417. The van der Waals surface area contributed by atoms with Crippen LogP contribution in [0.2, 0.25) is 0 Å². The third-order valence-electron chi connectivity index (χ3n) is 2.95. The maximum Gasteiger partial charge on any atom is 0.251 e. The van der Waals surface area contributed by atoms with Crippen molar-refractivity contribution >= 4 is 5.91 Å². The van der Waals surface area contributed by atoms with E-state index in [0.29, 0.717) is 24.1 Å². The van der Waals surface area contributed by atoms with Crippen LogP contribution in [0.25, 0.3) is 0 Å². The first-order valence-corrected chi connectivity index (χ1v) is 5.48. The number of rotatable bonds is 3. The number of hydrogen-bond acceptors (Lipinski definition) is 3. The van der Waals surface area contributed by atoms with Crippen molar-refractivity contribution in [3.8, 4) is 5.75 Å². The lowest BCUT2D eigenvalue weighted by molar-refractivity contribution is 0.0935. The summed E-state index contributed by atoms with van der Waals surface area (Å²) < 4.78 is 0. The molecule has 1 fully saturated rings. The van der Waals surface area contributed by atoms with E-state index in [0.717, 1.165) is 12.8 Å². The number of phenolic OH excluding ortho intramolecular Hbond substituents is 1. The third-order valence-corrected chi connectivity index (χ3v) is 2.95. The molecule has 1 saturated carbocycles. The molecule has 0 unspecified atom stereocenters. The number of nitrogens with two attached hydrogens (primary N) is 1. The van der Waals surface area contributed by atoms with Gasteiger partial charge in [0, 0.05) is 18.2 Å². The quantitative estimate of drug-likeness (QED) is 0.707. The van der Waals surface area contributed by atoms with Crippen molar-refractivity contribution in [2.75, 3.05) is 6.54 Å². The van der Waals surface area contributed by atoms with E-state index in [1.165, 1.54) is 12.1 Å². The normalized spacial score (nSPS) is 23.6. The monoisotopic (exact) mass is 220 g/mol. The van der Waals surface area contributed by atoms with Gasteiger partial charge in [-0.25, -0.2) is 0 Å². The zero-order valence-electron chi connectivity index (χ0n) is 9.02. The molecule has 0 aromatic heterocycles. The zero-order chi connectivity index (χ0) is 11.5. The van der Waals surface area contributed by atoms with Gasteiger partial charge in [-0.15, -0.1) is 0 Å². The standard InChI is InChI=1S/C12H16N2O2/c13-10-5-8(6-10)7-14-12(16)9-1-3-11(15)4-2-9/h1-4,8,10,15H,5-7,13H2,(H,14,16). The molecule has 4 N–H and O–H groups in total. The summed E-state index contributed by atoms with van der Waals surface area (Å²) in [6.45, 7) is 0.688. The van der Waals surface area contributed by atoms with Gasteiger partial charge in [0.05, 0.1) is 0 Å². The fourth-order valence-corrected chi connectivity index (χ4v) is 1.91. The Hall–Kier alpha value is -1.55. The smallest absolute Gasteiger partial charge is 0.251 e. The van der Waals surface area contributed by atoms with Gasteiger partial charge >= 0.3 is 0 Å². The van der Waals surface area contributed by atoms with Crippen LogP contribution in [0, 0.1) is 5.92 Å². The van der Waals surface area contributed by atoms with Crippen molar-refractivity contribution in [2.45, 2.75) is 18.9 Å². The highest BCUT2D eigenvalue weighted by Gasteiger charge is 2.25. The molecule has 1 aliphatic rings. The number of carbonyl (C=O) groups is 1. The molecule has 86 valence electrons. The Balaban J connectivity index is 1.81. The van der Waals surface area contributed by atoms with E-state index in [4.69, 9.17) is 10.8 Å². The van der Waals surface area contributed by atoms with E-state index in [9.17, 15) is 4.79 Å². The van der Waals surface area contributed by atoms with Crippen LogP contribution in [0.15, 0.2) is 24.3 Å². The van der Waals surface area contributed by atoms with E-state index in [2.05, 4.69) is 5.32 Å². The van der Waals surface area contributed by atoms with Gasteiger partial charge in [0.2, 0.25) is 0 Å². The highest BCUT2D eigenvalue weighted by Crippen LogP contribution is 2.24. The molecule has 1 amide bonds. The van der Waals surface area contributed by atoms with Crippen LogP contribution in [-0.4, -0.2) is 23.6 Å². The topological polar surface area (TPSA) is 75.3 Å². The molecular weight excluding hydrogens is 204 g/mol. The Kier molecular flexibility index (Phi) is 3.10. The largest absolute Gasteiger partial charge is 0.508 e. The van der Waals surface area contributed by atoms with E-state index in [-0.39, 0.29) is 11.7 Å². The van der Waals surface area contributed by atoms with Gasteiger partial charge in [-0.2, -0.15) is 0 Å². The molecule has 0 bridgehead atoms. The van der Waals surface area contributed by atoms with E-state index in [1.807, 2.05) is 0 Å². The van der Waals surface area contributed by atoms with E-state index >= 15 is 0 Å². The number of aromatic hydroxyl groups is 1. The van der Waals surface area contributed by atoms with E-state index in [1.54, 1.807) is 12.1 Å². The predicted octanol–water partition coefficient (Wildman–Crippen LogP) is 0.859. The summed E-state index contributed by atoms with van der Waals surface area (Å²) in [5.74, 6) is 0.595. The summed E-state index contributed by atoms with van der Waals surface area (Å²) >= 11 is 0. The molecule has 1 aromatic carbocycles. The van der Waals surface area contributed by atoms with Crippen LogP contribution >= 0.6 is 0 Å². The second kappa shape index (κ2) is 4.53. The first kappa shape index (κ1) is 11.0. The average molecular weight is 220 g/mol. The first-order chi connectivity index (χ1) is 7.65. The molecule has 0 radical (unpaired) electrons. The predicted molar refractivity (Wildman–Crippen MR) is 61.1 cm³/mol. The molecule has 0 spiro atoms. The molecule has 16 heavy (non-hydrogen) atoms. The number of carbonyl (C=O) groups excluding carboxylic acids is 1. The van der Waals surface area contributed by atoms with Crippen molar-refractivity contribution < 1.29 is 9.90 Å². The molecule has 1 aliphatic carbocycles. The summed E-state index contributed by atoms with van der Waals surface area (Å²) in [4.78, 5) is 11.7. The molecule has 0 aliphatic heterocycles. The molecule has 0 heterocycles. The van der Waals surface area contributed by atoms with Gasteiger partial charge in [0.25, 0.3) is 5.91 Å². The van der Waals surface area contributed by atoms with Crippen LogP contribution < -0.4 is 11.1 Å². The number of amides is 1. The third kappa shape index (κ3) is 2.52. The summed E-state index contributed by atoms with van der Waals surface area (Å²) in [5.41, 5.74) is 6.23. The molecule has 4 heteroatoms. The van der Waals surface area contributed by atoms with Crippen LogP contribution in [0.4, 0.5) is 0 Å². The van der Waals surface area contributed by atoms with Gasteiger partial charge in [0.15, 0.2) is 0 Å². The number of nitrogens with one attached hydrogen (secondary N) is 1.